The van der Waals surface area contributed by atoms with Crippen molar-refractivity contribution >= 4 is 50.0 Å². The van der Waals surface area contributed by atoms with Crippen molar-refractivity contribution in [3.63, 3.8) is 0 Å². The summed E-state index contributed by atoms with van der Waals surface area (Å²) < 4.78 is 6.85. The van der Waals surface area contributed by atoms with Gasteiger partial charge in [0.25, 0.3) is 0 Å². The van der Waals surface area contributed by atoms with E-state index in [-0.39, 0.29) is 0 Å². The molecule has 2 nitrogen and oxygen atoms in total. The van der Waals surface area contributed by atoms with Crippen LogP contribution in [0.4, 0.5) is 0 Å². The fraction of sp³-hybridized carbons (Fsp3) is 0.0625. The molecule has 0 bridgehead atoms. The second-order valence-electron chi connectivity index (χ2n) is 4.43. The Morgan fingerprint density at radius 2 is 2.00 bits per heavy atom. The summed E-state index contributed by atoms with van der Waals surface area (Å²) in [7, 11) is 0. The number of halogens is 3. The van der Waals surface area contributed by atoms with Gasteiger partial charge in [0.1, 0.15) is 11.3 Å². The zero-order valence-electron chi connectivity index (χ0n) is 10.8. The van der Waals surface area contributed by atoms with Gasteiger partial charge in [-0.2, -0.15) is 0 Å². The first-order chi connectivity index (χ1) is 10.2. The standard InChI is InChI=1S/C16H10BrCl2NO/c17-13-8-11(4-3-10(13)9-18)21-15-6-5-14(19)12-2-1-7-20-16(12)15/h1-8H,9H2. The van der Waals surface area contributed by atoms with Gasteiger partial charge in [-0.25, -0.2) is 0 Å². The van der Waals surface area contributed by atoms with Crippen LogP contribution in [0, 0.1) is 0 Å². The van der Waals surface area contributed by atoms with Crippen molar-refractivity contribution in [3.05, 3.63) is 63.7 Å². The molecule has 0 saturated heterocycles. The van der Waals surface area contributed by atoms with Gasteiger partial charge in [-0.15, -0.1) is 11.6 Å². The highest BCUT2D eigenvalue weighted by Gasteiger charge is 2.09. The van der Waals surface area contributed by atoms with Crippen LogP contribution >= 0.6 is 39.1 Å². The maximum Gasteiger partial charge on any atom is 0.153 e. The summed E-state index contributed by atoms with van der Waals surface area (Å²) in [5.74, 6) is 1.83. The van der Waals surface area contributed by atoms with E-state index in [1.54, 1.807) is 6.20 Å². The van der Waals surface area contributed by atoms with Crippen molar-refractivity contribution in [1.29, 1.82) is 0 Å². The number of rotatable bonds is 3. The molecular weight excluding hydrogens is 373 g/mol. The zero-order chi connectivity index (χ0) is 14.8. The molecule has 0 aliphatic carbocycles. The van der Waals surface area contributed by atoms with Gasteiger partial charge in [0.2, 0.25) is 0 Å². The molecule has 0 unspecified atom stereocenters. The Morgan fingerprint density at radius 1 is 1.14 bits per heavy atom. The van der Waals surface area contributed by atoms with Crippen LogP contribution < -0.4 is 4.74 Å². The highest BCUT2D eigenvalue weighted by atomic mass is 79.9. The Labute approximate surface area is 140 Å². The molecule has 0 amide bonds. The molecule has 2 aromatic carbocycles. The molecule has 0 N–H and O–H groups in total. The number of pyridine rings is 1. The van der Waals surface area contributed by atoms with Crippen LogP contribution in [0.25, 0.3) is 10.9 Å². The summed E-state index contributed by atoms with van der Waals surface area (Å²) >= 11 is 15.5. The summed E-state index contributed by atoms with van der Waals surface area (Å²) in [6.07, 6.45) is 1.72. The summed E-state index contributed by atoms with van der Waals surface area (Å²) in [4.78, 5) is 4.35. The lowest BCUT2D eigenvalue weighted by molar-refractivity contribution is 0.486. The van der Waals surface area contributed by atoms with Crippen LogP contribution in [0.3, 0.4) is 0 Å². The van der Waals surface area contributed by atoms with Crippen LogP contribution in [0.2, 0.25) is 5.02 Å². The normalized spacial score (nSPS) is 10.8. The molecule has 0 spiro atoms. The first kappa shape index (κ1) is 14.6. The third kappa shape index (κ3) is 3.00. The van der Waals surface area contributed by atoms with E-state index in [1.165, 1.54) is 0 Å². The Balaban J connectivity index is 2.02. The van der Waals surface area contributed by atoms with Crippen molar-refractivity contribution in [3.8, 4) is 11.5 Å². The average molecular weight is 383 g/mol. The number of nitrogens with zero attached hydrogens (tertiary/aromatic N) is 1. The van der Waals surface area contributed by atoms with Gasteiger partial charge < -0.3 is 4.74 Å². The average Bonchev–Trinajstić information content (AvgIpc) is 2.51. The Morgan fingerprint density at radius 3 is 2.76 bits per heavy atom. The molecule has 0 aliphatic heterocycles. The van der Waals surface area contributed by atoms with Gasteiger partial charge in [0.05, 0.1) is 5.02 Å². The van der Waals surface area contributed by atoms with E-state index in [2.05, 4.69) is 20.9 Å². The largest absolute Gasteiger partial charge is 0.455 e. The van der Waals surface area contributed by atoms with Crippen molar-refractivity contribution < 1.29 is 4.74 Å². The number of aromatic nitrogens is 1. The van der Waals surface area contributed by atoms with Gasteiger partial charge in [0, 0.05) is 21.9 Å². The van der Waals surface area contributed by atoms with Gasteiger partial charge in [0.15, 0.2) is 5.75 Å². The van der Waals surface area contributed by atoms with Gasteiger partial charge >= 0.3 is 0 Å². The maximum absolute atomic E-state index is 6.18. The molecule has 1 heterocycles. The van der Waals surface area contributed by atoms with Crippen LogP contribution in [-0.2, 0) is 5.88 Å². The first-order valence-corrected chi connectivity index (χ1v) is 7.95. The predicted molar refractivity (Wildman–Crippen MR) is 90.5 cm³/mol. The lowest BCUT2D eigenvalue weighted by Gasteiger charge is -2.10. The number of alkyl halides is 1. The topological polar surface area (TPSA) is 22.1 Å². The number of fused-ring (bicyclic) bond motifs is 1. The molecular formula is C16H10BrCl2NO. The zero-order valence-corrected chi connectivity index (χ0v) is 13.9. The summed E-state index contributed by atoms with van der Waals surface area (Å²) in [5, 5.41) is 1.53. The molecule has 0 atom stereocenters. The van der Waals surface area contributed by atoms with Crippen LogP contribution in [0.5, 0.6) is 11.5 Å². The Bertz CT molecular complexity index is 807. The summed E-state index contributed by atoms with van der Waals surface area (Å²) in [5.41, 5.74) is 1.76. The molecule has 5 heteroatoms. The molecule has 0 fully saturated rings. The molecule has 0 aliphatic rings. The second kappa shape index (κ2) is 6.22. The quantitative estimate of drug-likeness (QED) is 0.504. The van der Waals surface area contributed by atoms with E-state index in [4.69, 9.17) is 27.9 Å². The van der Waals surface area contributed by atoms with Crippen LogP contribution in [0.1, 0.15) is 5.56 Å². The third-order valence-corrected chi connectivity index (χ3v) is 4.43. The van der Waals surface area contributed by atoms with E-state index in [9.17, 15) is 0 Å². The van der Waals surface area contributed by atoms with Gasteiger partial charge in [-0.3, -0.25) is 4.98 Å². The van der Waals surface area contributed by atoms with E-state index >= 15 is 0 Å². The number of hydrogen-bond acceptors (Lipinski definition) is 2. The Hall–Kier alpha value is -1.29. The fourth-order valence-corrected chi connectivity index (χ4v) is 3.13. The minimum atomic E-state index is 0.451. The number of ether oxygens (including phenoxy) is 1. The summed E-state index contributed by atoms with van der Waals surface area (Å²) in [6, 6.07) is 13.1. The van der Waals surface area contributed by atoms with Gasteiger partial charge in [-0.05, 0) is 42.0 Å². The molecule has 0 radical (unpaired) electrons. The van der Waals surface area contributed by atoms with Crippen molar-refractivity contribution in [2.45, 2.75) is 5.88 Å². The minimum absolute atomic E-state index is 0.451. The van der Waals surface area contributed by atoms with Crippen molar-refractivity contribution in [1.82, 2.24) is 4.98 Å². The highest BCUT2D eigenvalue weighted by molar-refractivity contribution is 9.10. The third-order valence-electron chi connectivity index (χ3n) is 3.08. The van der Waals surface area contributed by atoms with E-state index in [0.717, 1.165) is 20.9 Å². The van der Waals surface area contributed by atoms with Gasteiger partial charge in [-0.1, -0.05) is 33.6 Å². The molecule has 0 saturated carbocycles. The van der Waals surface area contributed by atoms with E-state index in [1.807, 2.05) is 42.5 Å². The fourth-order valence-electron chi connectivity index (χ4n) is 2.02. The number of hydrogen-bond donors (Lipinski definition) is 0. The van der Waals surface area contributed by atoms with Crippen LogP contribution in [0.15, 0.2) is 53.1 Å². The molecule has 3 aromatic rings. The Kier molecular flexibility index (Phi) is 4.34. The molecule has 1 aromatic heterocycles. The highest BCUT2D eigenvalue weighted by Crippen LogP contribution is 2.34. The second-order valence-corrected chi connectivity index (χ2v) is 5.96. The molecule has 21 heavy (non-hydrogen) atoms. The van der Waals surface area contributed by atoms with Crippen molar-refractivity contribution in [2.24, 2.45) is 0 Å². The van der Waals surface area contributed by atoms with E-state index in [0.29, 0.717) is 22.4 Å². The van der Waals surface area contributed by atoms with Crippen molar-refractivity contribution in [2.75, 3.05) is 0 Å². The first-order valence-electron chi connectivity index (χ1n) is 6.24. The predicted octanol–water partition coefficient (Wildman–Crippen LogP) is 6.18. The van der Waals surface area contributed by atoms with Crippen LogP contribution in [-0.4, -0.2) is 4.98 Å². The summed E-state index contributed by atoms with van der Waals surface area (Å²) in [6.45, 7) is 0. The SMILES string of the molecule is ClCc1ccc(Oc2ccc(Cl)c3cccnc23)cc1Br. The lowest BCUT2D eigenvalue weighted by Crippen LogP contribution is -1.90. The number of benzene rings is 2. The lowest BCUT2D eigenvalue weighted by atomic mass is 10.2. The monoisotopic (exact) mass is 381 g/mol. The smallest absolute Gasteiger partial charge is 0.153 e. The van der Waals surface area contributed by atoms with E-state index < -0.39 is 0 Å². The minimum Gasteiger partial charge on any atom is -0.455 e. The molecule has 106 valence electrons. The maximum atomic E-state index is 6.18. The molecule has 3 rings (SSSR count).